The second-order valence-electron chi connectivity index (χ2n) is 18.8. The first-order valence-corrected chi connectivity index (χ1v) is 28.1. The molecule has 0 N–H and O–H groups in total. The van der Waals surface area contributed by atoms with E-state index in [2.05, 4.69) is 69.4 Å². The summed E-state index contributed by atoms with van der Waals surface area (Å²) in [5.41, 5.74) is 0. The molecule has 0 rings (SSSR count). The zero-order chi connectivity index (χ0) is 47.2. The van der Waals surface area contributed by atoms with Crippen molar-refractivity contribution < 1.29 is 28.6 Å². The molecule has 0 bridgehead atoms. The minimum Gasteiger partial charge on any atom is -0.462 e. The summed E-state index contributed by atoms with van der Waals surface area (Å²) in [6.07, 6.45) is 65.4. The van der Waals surface area contributed by atoms with Crippen LogP contribution in [0.25, 0.3) is 0 Å². The van der Waals surface area contributed by atoms with Gasteiger partial charge in [0, 0.05) is 19.3 Å². The lowest BCUT2D eigenvalue weighted by atomic mass is 10.0. The molecule has 0 aliphatic rings. The van der Waals surface area contributed by atoms with Gasteiger partial charge in [0.1, 0.15) is 13.2 Å². The van der Waals surface area contributed by atoms with Crippen LogP contribution < -0.4 is 0 Å². The fourth-order valence-corrected chi connectivity index (χ4v) is 8.14. The summed E-state index contributed by atoms with van der Waals surface area (Å²) in [6.45, 7) is 6.54. The van der Waals surface area contributed by atoms with Gasteiger partial charge in [-0.1, -0.05) is 262 Å². The Morgan fingerprint density at radius 1 is 0.323 bits per heavy atom. The Morgan fingerprint density at radius 3 is 0.938 bits per heavy atom. The Hall–Kier alpha value is -2.63. The van der Waals surface area contributed by atoms with E-state index in [1.807, 2.05) is 0 Å². The van der Waals surface area contributed by atoms with Crippen molar-refractivity contribution in [3.05, 3.63) is 48.6 Å². The summed E-state index contributed by atoms with van der Waals surface area (Å²) in [6, 6.07) is 0. The number of hydrogen-bond acceptors (Lipinski definition) is 6. The highest BCUT2D eigenvalue weighted by Crippen LogP contribution is 2.16. The van der Waals surface area contributed by atoms with Crippen molar-refractivity contribution in [3.8, 4) is 0 Å². The predicted octanol–water partition coefficient (Wildman–Crippen LogP) is 18.7. The second kappa shape index (κ2) is 54.0. The summed E-state index contributed by atoms with van der Waals surface area (Å²) >= 11 is 0. The molecule has 0 radical (unpaired) electrons. The van der Waals surface area contributed by atoms with Gasteiger partial charge < -0.3 is 14.2 Å². The molecule has 6 nitrogen and oxygen atoms in total. The van der Waals surface area contributed by atoms with E-state index in [1.54, 1.807) is 0 Å². The van der Waals surface area contributed by atoms with Crippen molar-refractivity contribution in [2.24, 2.45) is 0 Å². The molecule has 0 aromatic rings. The zero-order valence-electron chi connectivity index (χ0n) is 43.3. The van der Waals surface area contributed by atoms with Gasteiger partial charge in [-0.15, -0.1) is 0 Å². The molecule has 0 heterocycles. The summed E-state index contributed by atoms with van der Waals surface area (Å²) < 4.78 is 16.8. The molecule has 0 amide bonds. The highest BCUT2D eigenvalue weighted by molar-refractivity contribution is 5.71. The number of unbranched alkanes of at least 4 members (excludes halogenated alkanes) is 32. The maximum atomic E-state index is 12.8. The van der Waals surface area contributed by atoms with Crippen LogP contribution in [0.2, 0.25) is 0 Å². The van der Waals surface area contributed by atoms with Gasteiger partial charge in [0.05, 0.1) is 0 Å². The van der Waals surface area contributed by atoms with Gasteiger partial charge in [0.15, 0.2) is 6.10 Å². The topological polar surface area (TPSA) is 78.9 Å². The van der Waals surface area contributed by atoms with Crippen molar-refractivity contribution in [1.82, 2.24) is 0 Å². The number of esters is 3. The Labute approximate surface area is 403 Å². The van der Waals surface area contributed by atoms with Crippen LogP contribution in [-0.2, 0) is 28.6 Å². The first-order chi connectivity index (χ1) is 32.0. The third kappa shape index (κ3) is 52.2. The second-order valence-corrected chi connectivity index (χ2v) is 18.8. The maximum absolute atomic E-state index is 12.8. The zero-order valence-corrected chi connectivity index (χ0v) is 43.3. The van der Waals surface area contributed by atoms with E-state index in [1.165, 1.54) is 167 Å². The molecular weight excluding hydrogens is 805 g/mol. The minimum absolute atomic E-state index is 0.0687. The van der Waals surface area contributed by atoms with E-state index in [-0.39, 0.29) is 31.1 Å². The van der Waals surface area contributed by atoms with Crippen molar-refractivity contribution in [1.29, 1.82) is 0 Å². The Bertz CT molecular complexity index is 1140. The summed E-state index contributed by atoms with van der Waals surface area (Å²) in [7, 11) is 0. The van der Waals surface area contributed by atoms with E-state index < -0.39 is 6.10 Å². The van der Waals surface area contributed by atoms with Gasteiger partial charge in [0.25, 0.3) is 0 Å². The minimum atomic E-state index is -0.767. The molecule has 0 fully saturated rings. The van der Waals surface area contributed by atoms with Crippen LogP contribution in [0.1, 0.15) is 290 Å². The average molecular weight is 911 g/mol. The molecule has 0 aromatic heterocycles. The number of carbonyl (C=O) groups excluding carboxylic acids is 3. The van der Waals surface area contributed by atoms with Crippen LogP contribution in [0.3, 0.4) is 0 Å². The quantitative estimate of drug-likeness (QED) is 0.0262. The molecule has 0 aromatic carbocycles. The Morgan fingerprint density at radius 2 is 0.600 bits per heavy atom. The maximum Gasteiger partial charge on any atom is 0.306 e. The molecular formula is C59H106O6. The van der Waals surface area contributed by atoms with Crippen molar-refractivity contribution in [2.75, 3.05) is 13.2 Å². The molecule has 0 spiro atoms. The number of ether oxygens (including phenoxy) is 3. The molecule has 0 saturated carbocycles. The first kappa shape index (κ1) is 62.4. The summed E-state index contributed by atoms with van der Waals surface area (Å²) in [5, 5.41) is 0. The summed E-state index contributed by atoms with van der Waals surface area (Å²) in [5.74, 6) is -0.860. The van der Waals surface area contributed by atoms with Crippen molar-refractivity contribution >= 4 is 17.9 Å². The molecule has 6 heteroatoms. The number of carbonyl (C=O) groups is 3. The van der Waals surface area contributed by atoms with Crippen molar-refractivity contribution in [3.63, 3.8) is 0 Å². The highest BCUT2D eigenvalue weighted by Gasteiger charge is 2.19. The molecule has 1 atom stereocenters. The van der Waals surface area contributed by atoms with E-state index in [0.29, 0.717) is 19.3 Å². The molecule has 0 aliphatic carbocycles. The lowest BCUT2D eigenvalue weighted by molar-refractivity contribution is -0.167. The third-order valence-electron chi connectivity index (χ3n) is 12.3. The molecule has 0 saturated heterocycles. The lowest BCUT2D eigenvalue weighted by Crippen LogP contribution is -2.30. The number of allylic oxidation sites excluding steroid dienone is 8. The predicted molar refractivity (Wildman–Crippen MR) is 279 cm³/mol. The van der Waals surface area contributed by atoms with Crippen LogP contribution in [0.15, 0.2) is 48.6 Å². The van der Waals surface area contributed by atoms with Gasteiger partial charge in [0.2, 0.25) is 0 Å². The van der Waals surface area contributed by atoms with E-state index in [4.69, 9.17) is 14.2 Å². The molecule has 65 heavy (non-hydrogen) atoms. The van der Waals surface area contributed by atoms with E-state index in [0.717, 1.165) is 83.5 Å². The largest absolute Gasteiger partial charge is 0.462 e. The van der Waals surface area contributed by atoms with Crippen LogP contribution in [0.4, 0.5) is 0 Å². The van der Waals surface area contributed by atoms with Crippen LogP contribution >= 0.6 is 0 Å². The van der Waals surface area contributed by atoms with Gasteiger partial charge in [-0.3, -0.25) is 14.4 Å². The van der Waals surface area contributed by atoms with Gasteiger partial charge in [-0.2, -0.15) is 0 Å². The summed E-state index contributed by atoms with van der Waals surface area (Å²) in [4.78, 5) is 38.0. The van der Waals surface area contributed by atoms with Crippen LogP contribution in [0.5, 0.6) is 0 Å². The fraction of sp³-hybridized carbons (Fsp3) is 0.814. The third-order valence-corrected chi connectivity index (χ3v) is 12.3. The normalized spacial score (nSPS) is 12.4. The average Bonchev–Trinajstić information content (AvgIpc) is 3.30. The Balaban J connectivity index is 4.18. The smallest absolute Gasteiger partial charge is 0.306 e. The van der Waals surface area contributed by atoms with Crippen molar-refractivity contribution in [2.45, 2.75) is 297 Å². The molecule has 1 unspecified atom stereocenters. The standard InChI is InChI=1S/C59H106O6/c1-4-7-10-13-16-19-22-24-25-26-27-28-29-30-31-32-33-34-35-36-38-40-43-46-49-52-58(61)64-55-56(54-63-57(60)51-48-45-42-39-21-18-15-12-9-6-3)65-59(62)53-50-47-44-41-37-23-20-17-14-11-8-5-2/h7,10,16,19,24-25,27-28,56H,4-6,8-9,11-15,17-18,20-23,26,29-55H2,1-3H3/b10-7-,19-16-,25-24-,28-27-. The SMILES string of the molecule is CC/C=C\C/C=C\C/C=C\C/C=C\CCCCCCCCCCCCCCC(=O)OCC(COC(=O)CCCCCCCCCCCC)OC(=O)CCCCCCCCCCCCCC. The van der Waals surface area contributed by atoms with Gasteiger partial charge in [-0.25, -0.2) is 0 Å². The van der Waals surface area contributed by atoms with Gasteiger partial charge >= 0.3 is 17.9 Å². The Kier molecular flexibility index (Phi) is 51.8. The number of rotatable bonds is 51. The monoisotopic (exact) mass is 911 g/mol. The van der Waals surface area contributed by atoms with E-state index in [9.17, 15) is 14.4 Å². The van der Waals surface area contributed by atoms with Gasteiger partial charge in [-0.05, 0) is 57.8 Å². The van der Waals surface area contributed by atoms with E-state index >= 15 is 0 Å². The molecule has 378 valence electrons. The lowest BCUT2D eigenvalue weighted by Gasteiger charge is -2.18. The first-order valence-electron chi connectivity index (χ1n) is 28.1. The van der Waals surface area contributed by atoms with Crippen LogP contribution in [-0.4, -0.2) is 37.2 Å². The number of hydrogen-bond donors (Lipinski definition) is 0. The van der Waals surface area contributed by atoms with Crippen LogP contribution in [0, 0.1) is 0 Å². The highest BCUT2D eigenvalue weighted by atomic mass is 16.6. The molecule has 0 aliphatic heterocycles. The fourth-order valence-electron chi connectivity index (χ4n) is 8.14.